The molecule has 2 aromatic carbocycles. The second-order valence-electron chi connectivity index (χ2n) is 5.74. The summed E-state index contributed by atoms with van der Waals surface area (Å²) in [7, 11) is 1.31. The Morgan fingerprint density at radius 1 is 1.00 bits per heavy atom. The number of benzene rings is 2. The van der Waals surface area contributed by atoms with Crippen LogP contribution in [0.5, 0.6) is 0 Å². The van der Waals surface area contributed by atoms with Gasteiger partial charge in [0.2, 0.25) is 5.91 Å². The van der Waals surface area contributed by atoms with Gasteiger partial charge in [0.15, 0.2) is 5.78 Å². The van der Waals surface area contributed by atoms with E-state index in [0.717, 1.165) is 10.0 Å². The summed E-state index contributed by atoms with van der Waals surface area (Å²) in [5.74, 6) is -0.793. The predicted octanol–water partition coefficient (Wildman–Crippen LogP) is 3.83. The number of ketones is 1. The van der Waals surface area contributed by atoms with Crippen LogP contribution in [0.2, 0.25) is 0 Å². The third-order valence-corrected chi connectivity index (χ3v) is 4.41. The molecule has 0 aromatic heterocycles. The highest BCUT2D eigenvalue weighted by molar-refractivity contribution is 9.10. The van der Waals surface area contributed by atoms with Gasteiger partial charge in [0.05, 0.1) is 19.6 Å². The highest BCUT2D eigenvalue weighted by Crippen LogP contribution is 2.20. The van der Waals surface area contributed by atoms with E-state index in [-0.39, 0.29) is 31.0 Å². The maximum Gasteiger partial charge on any atom is 0.307 e. The number of carbonyl (C=O) groups is 3. The summed E-state index contributed by atoms with van der Waals surface area (Å²) in [5.41, 5.74) is 1.38. The molecule has 26 heavy (non-hydrogen) atoms. The maximum atomic E-state index is 12.3. The quantitative estimate of drug-likeness (QED) is 0.523. The molecule has 0 aliphatic heterocycles. The third kappa shape index (κ3) is 6.11. The van der Waals surface area contributed by atoms with Crippen molar-refractivity contribution in [3.63, 3.8) is 0 Å². The molecule has 0 saturated carbocycles. The van der Waals surface area contributed by atoms with Gasteiger partial charge in [-0.15, -0.1) is 0 Å². The Morgan fingerprint density at radius 3 is 2.27 bits per heavy atom. The van der Waals surface area contributed by atoms with Gasteiger partial charge in [-0.2, -0.15) is 0 Å². The largest absolute Gasteiger partial charge is 0.469 e. The number of halogens is 1. The summed E-state index contributed by atoms with van der Waals surface area (Å²) in [5, 5.41) is 2.82. The smallest absolute Gasteiger partial charge is 0.307 e. The van der Waals surface area contributed by atoms with Crippen LogP contribution in [0.25, 0.3) is 0 Å². The number of Topliss-reactive ketones (excluding diaryl/α,β-unsaturated/α-hetero) is 1. The van der Waals surface area contributed by atoms with Crippen LogP contribution in [0.15, 0.2) is 59.1 Å². The monoisotopic (exact) mass is 417 g/mol. The number of carbonyl (C=O) groups excluding carboxylic acids is 3. The van der Waals surface area contributed by atoms with Crippen molar-refractivity contribution in [2.75, 3.05) is 7.11 Å². The molecule has 0 saturated heterocycles. The zero-order valence-corrected chi connectivity index (χ0v) is 16.0. The fourth-order valence-corrected chi connectivity index (χ4v) is 2.72. The van der Waals surface area contributed by atoms with Crippen LogP contribution in [0.1, 0.15) is 41.2 Å². The first-order chi connectivity index (χ1) is 12.5. The lowest BCUT2D eigenvalue weighted by atomic mass is 10.0. The summed E-state index contributed by atoms with van der Waals surface area (Å²) in [6.07, 6.45) is 0.194. The van der Waals surface area contributed by atoms with Crippen LogP contribution in [0, 0.1) is 0 Å². The molecule has 0 aliphatic carbocycles. The number of esters is 1. The number of rotatable bonds is 8. The SMILES string of the molecule is COC(=O)CC(NC(=O)CCC(=O)c1ccccc1)c1ccc(Br)cc1. The lowest BCUT2D eigenvalue weighted by Gasteiger charge is -2.18. The van der Waals surface area contributed by atoms with Crippen molar-refractivity contribution in [2.24, 2.45) is 0 Å². The van der Waals surface area contributed by atoms with Crippen molar-refractivity contribution in [3.05, 3.63) is 70.2 Å². The fourth-order valence-electron chi connectivity index (χ4n) is 2.46. The van der Waals surface area contributed by atoms with E-state index in [4.69, 9.17) is 4.74 Å². The molecule has 6 heteroatoms. The first-order valence-electron chi connectivity index (χ1n) is 8.19. The van der Waals surface area contributed by atoms with E-state index >= 15 is 0 Å². The van der Waals surface area contributed by atoms with E-state index < -0.39 is 12.0 Å². The minimum Gasteiger partial charge on any atom is -0.469 e. The van der Waals surface area contributed by atoms with Gasteiger partial charge >= 0.3 is 5.97 Å². The normalized spacial score (nSPS) is 11.5. The molecular weight excluding hydrogens is 398 g/mol. The van der Waals surface area contributed by atoms with Gasteiger partial charge in [-0.3, -0.25) is 14.4 Å². The van der Waals surface area contributed by atoms with Crippen molar-refractivity contribution in [2.45, 2.75) is 25.3 Å². The van der Waals surface area contributed by atoms with E-state index in [1.54, 1.807) is 24.3 Å². The molecule has 0 heterocycles. The van der Waals surface area contributed by atoms with Crippen LogP contribution in [-0.4, -0.2) is 24.8 Å². The molecule has 0 spiro atoms. The summed E-state index contributed by atoms with van der Waals surface area (Å²) in [6, 6.07) is 15.7. The molecule has 0 radical (unpaired) electrons. The van der Waals surface area contributed by atoms with Crippen molar-refractivity contribution < 1.29 is 19.1 Å². The molecule has 2 rings (SSSR count). The average molecular weight is 418 g/mol. The Kier molecular flexibility index (Phi) is 7.53. The second kappa shape index (κ2) is 9.87. The Hall–Kier alpha value is -2.47. The van der Waals surface area contributed by atoms with Gasteiger partial charge in [0, 0.05) is 22.9 Å². The molecule has 5 nitrogen and oxygen atoms in total. The molecule has 0 bridgehead atoms. The number of amides is 1. The third-order valence-electron chi connectivity index (χ3n) is 3.88. The number of nitrogens with one attached hydrogen (secondary N) is 1. The van der Waals surface area contributed by atoms with Crippen LogP contribution >= 0.6 is 15.9 Å². The lowest BCUT2D eigenvalue weighted by molar-refractivity contribution is -0.141. The first kappa shape index (κ1) is 19.8. The highest BCUT2D eigenvalue weighted by atomic mass is 79.9. The Bertz CT molecular complexity index is 759. The average Bonchev–Trinajstić information content (AvgIpc) is 2.66. The Balaban J connectivity index is 1.98. The van der Waals surface area contributed by atoms with Gasteiger partial charge in [0.25, 0.3) is 0 Å². The fraction of sp³-hybridized carbons (Fsp3) is 0.250. The van der Waals surface area contributed by atoms with Crippen LogP contribution < -0.4 is 5.32 Å². The van der Waals surface area contributed by atoms with E-state index in [0.29, 0.717) is 5.56 Å². The number of hydrogen-bond acceptors (Lipinski definition) is 4. The van der Waals surface area contributed by atoms with Crippen LogP contribution in [-0.2, 0) is 14.3 Å². The van der Waals surface area contributed by atoms with Crippen molar-refractivity contribution >= 4 is 33.6 Å². The molecule has 136 valence electrons. The van der Waals surface area contributed by atoms with Gasteiger partial charge in [-0.05, 0) is 17.7 Å². The van der Waals surface area contributed by atoms with E-state index in [1.165, 1.54) is 7.11 Å². The minimum absolute atomic E-state index is 0.0243. The molecule has 1 unspecified atom stereocenters. The Labute approximate surface area is 160 Å². The van der Waals surface area contributed by atoms with Crippen molar-refractivity contribution in [1.29, 1.82) is 0 Å². The standard InChI is InChI=1S/C20H20BrNO4/c1-26-20(25)13-17(14-7-9-16(21)10-8-14)22-19(24)12-11-18(23)15-5-3-2-4-6-15/h2-10,17H,11-13H2,1H3,(H,22,24). The first-order valence-corrected chi connectivity index (χ1v) is 8.99. The summed E-state index contributed by atoms with van der Waals surface area (Å²) < 4.78 is 5.61. The van der Waals surface area contributed by atoms with Gasteiger partial charge in [0.1, 0.15) is 0 Å². The van der Waals surface area contributed by atoms with E-state index in [9.17, 15) is 14.4 Å². The van der Waals surface area contributed by atoms with Crippen molar-refractivity contribution in [3.8, 4) is 0 Å². The molecular formula is C20H20BrNO4. The number of hydrogen-bond donors (Lipinski definition) is 1. The molecule has 1 N–H and O–H groups in total. The molecule has 0 aliphatic rings. The molecule has 0 fully saturated rings. The second-order valence-corrected chi connectivity index (χ2v) is 6.66. The van der Waals surface area contributed by atoms with Crippen LogP contribution in [0.3, 0.4) is 0 Å². The lowest BCUT2D eigenvalue weighted by Crippen LogP contribution is -2.30. The van der Waals surface area contributed by atoms with Gasteiger partial charge in [-0.1, -0.05) is 58.4 Å². The van der Waals surface area contributed by atoms with Crippen molar-refractivity contribution in [1.82, 2.24) is 5.32 Å². The topological polar surface area (TPSA) is 72.5 Å². The summed E-state index contributed by atoms with van der Waals surface area (Å²) >= 11 is 3.36. The zero-order chi connectivity index (χ0) is 18.9. The predicted molar refractivity (Wildman–Crippen MR) is 102 cm³/mol. The molecule has 1 amide bonds. The minimum atomic E-state index is -0.505. The van der Waals surface area contributed by atoms with Gasteiger partial charge in [-0.25, -0.2) is 0 Å². The zero-order valence-electron chi connectivity index (χ0n) is 14.4. The van der Waals surface area contributed by atoms with E-state index in [1.807, 2.05) is 30.3 Å². The highest BCUT2D eigenvalue weighted by Gasteiger charge is 2.19. The molecule has 2 aromatic rings. The van der Waals surface area contributed by atoms with Gasteiger partial charge < -0.3 is 10.1 Å². The van der Waals surface area contributed by atoms with Crippen LogP contribution in [0.4, 0.5) is 0 Å². The molecule has 1 atom stereocenters. The summed E-state index contributed by atoms with van der Waals surface area (Å²) in [4.78, 5) is 36.0. The number of methoxy groups -OCH3 is 1. The number of ether oxygens (including phenoxy) is 1. The maximum absolute atomic E-state index is 12.3. The van der Waals surface area contributed by atoms with E-state index in [2.05, 4.69) is 21.2 Å². The summed E-state index contributed by atoms with van der Waals surface area (Å²) in [6.45, 7) is 0. The Morgan fingerprint density at radius 2 is 1.65 bits per heavy atom.